The summed E-state index contributed by atoms with van der Waals surface area (Å²) in [5, 5.41) is 1.18. The smallest absolute Gasteiger partial charge is 0.225 e. The maximum absolute atomic E-state index is 13.3. The molecule has 0 radical (unpaired) electrons. The largest absolute Gasteiger partial charge is 0.371 e. The number of rotatable bonds is 5. The molecule has 0 N–H and O–H groups in total. The second-order valence-corrected chi connectivity index (χ2v) is 10.6. The van der Waals surface area contributed by atoms with Gasteiger partial charge >= 0.3 is 0 Å². The van der Waals surface area contributed by atoms with Crippen LogP contribution in [0.1, 0.15) is 41.7 Å². The van der Waals surface area contributed by atoms with Crippen LogP contribution in [-0.4, -0.2) is 54.0 Å². The number of para-hydroxylation sites is 1. The maximum atomic E-state index is 13.3. The third-order valence-corrected chi connectivity index (χ3v) is 8.43. The predicted octanol–water partition coefficient (Wildman–Crippen LogP) is 4.78. The Hall–Kier alpha value is -2.67. The molecule has 0 unspecified atom stereocenters. The topological polar surface area (TPSA) is 52.6 Å². The highest BCUT2D eigenvalue weighted by molar-refractivity contribution is 7.18. The molecule has 2 aromatic heterocycles. The minimum absolute atomic E-state index is 0.0767. The van der Waals surface area contributed by atoms with Gasteiger partial charge in [0.1, 0.15) is 17.0 Å². The lowest BCUT2D eigenvalue weighted by Gasteiger charge is -2.34. The minimum atomic E-state index is 0.0767. The van der Waals surface area contributed by atoms with Crippen molar-refractivity contribution in [3.05, 3.63) is 46.6 Å². The lowest BCUT2D eigenvalue weighted by atomic mass is 9.95. The zero-order chi connectivity index (χ0) is 22.9. The molecule has 33 heavy (non-hydrogen) atoms. The van der Waals surface area contributed by atoms with Gasteiger partial charge in [0, 0.05) is 56.3 Å². The second-order valence-electron chi connectivity index (χ2n) is 9.44. The molecule has 3 aromatic rings. The Morgan fingerprint density at radius 1 is 1.06 bits per heavy atom. The zero-order valence-electron chi connectivity index (χ0n) is 19.9. The molecule has 2 aliphatic heterocycles. The van der Waals surface area contributed by atoms with Crippen LogP contribution in [0.15, 0.2) is 30.6 Å². The summed E-state index contributed by atoms with van der Waals surface area (Å²) < 4.78 is 0. The lowest BCUT2D eigenvalue weighted by molar-refractivity contribution is -0.135. The molecule has 1 amide bonds. The number of aryl methyl sites for hydroxylation is 2. The molecule has 0 bridgehead atoms. The third-order valence-electron chi connectivity index (χ3n) is 7.31. The highest BCUT2D eigenvalue weighted by atomic mass is 32.1. The normalized spacial score (nSPS) is 17.2. The molecule has 2 fully saturated rings. The number of benzene rings is 1. The van der Waals surface area contributed by atoms with Crippen LogP contribution in [0, 0.1) is 19.8 Å². The van der Waals surface area contributed by atoms with Crippen molar-refractivity contribution in [2.24, 2.45) is 5.92 Å². The molecule has 2 saturated heterocycles. The lowest BCUT2D eigenvalue weighted by Crippen LogP contribution is -2.41. The summed E-state index contributed by atoms with van der Waals surface area (Å²) in [4.78, 5) is 31.5. The van der Waals surface area contributed by atoms with Crippen LogP contribution in [0.4, 0.5) is 11.5 Å². The van der Waals surface area contributed by atoms with Gasteiger partial charge < -0.3 is 14.7 Å². The summed E-state index contributed by atoms with van der Waals surface area (Å²) in [5.41, 5.74) is 3.82. The molecule has 0 atom stereocenters. The quantitative estimate of drug-likeness (QED) is 0.545. The molecular weight excluding hydrogens is 430 g/mol. The Bertz CT molecular complexity index is 1140. The van der Waals surface area contributed by atoms with Crippen LogP contribution < -0.4 is 9.80 Å². The van der Waals surface area contributed by atoms with Crippen molar-refractivity contribution in [2.75, 3.05) is 43.0 Å². The molecule has 6 nitrogen and oxygen atoms in total. The molecule has 7 heteroatoms. The number of anilines is 2. The number of thiophene rings is 1. The van der Waals surface area contributed by atoms with Crippen LogP contribution in [0.3, 0.4) is 0 Å². The van der Waals surface area contributed by atoms with Crippen molar-refractivity contribution in [1.82, 2.24) is 14.9 Å². The molecule has 4 heterocycles. The highest BCUT2D eigenvalue weighted by Gasteiger charge is 2.29. The van der Waals surface area contributed by atoms with Crippen LogP contribution in [0.2, 0.25) is 0 Å². The van der Waals surface area contributed by atoms with E-state index in [0.29, 0.717) is 6.54 Å². The predicted molar refractivity (Wildman–Crippen MR) is 136 cm³/mol. The van der Waals surface area contributed by atoms with Crippen molar-refractivity contribution in [3.8, 4) is 0 Å². The van der Waals surface area contributed by atoms with Crippen molar-refractivity contribution >= 4 is 39.0 Å². The van der Waals surface area contributed by atoms with E-state index in [0.717, 1.165) is 49.7 Å². The number of hydrogen-bond donors (Lipinski definition) is 0. The Morgan fingerprint density at radius 3 is 2.55 bits per heavy atom. The fraction of sp³-hybridized carbons (Fsp3) is 0.500. The molecular formula is C26H33N5OS. The number of hydrogen-bond acceptors (Lipinski definition) is 6. The first-order chi connectivity index (χ1) is 16.0. The van der Waals surface area contributed by atoms with E-state index in [9.17, 15) is 4.79 Å². The SMILES string of the molecule is Cc1sc2ncnc(N3CCC(C(=O)N(C)Cc4ccccc4N4CCCC4)CC3)c2c1C. The number of carbonyl (C=O) groups excluding carboxylic acids is 1. The maximum Gasteiger partial charge on any atom is 0.225 e. The van der Waals surface area contributed by atoms with E-state index in [1.54, 1.807) is 17.7 Å². The van der Waals surface area contributed by atoms with Gasteiger partial charge in [-0.05, 0) is 56.7 Å². The molecule has 174 valence electrons. The number of fused-ring (bicyclic) bond motifs is 1. The average Bonchev–Trinajstić information content (AvgIpc) is 3.47. The van der Waals surface area contributed by atoms with Gasteiger partial charge in [0.25, 0.3) is 0 Å². The van der Waals surface area contributed by atoms with Crippen LogP contribution in [0.25, 0.3) is 10.2 Å². The fourth-order valence-corrected chi connectivity index (χ4v) is 6.29. The summed E-state index contributed by atoms with van der Waals surface area (Å²) in [6, 6.07) is 8.57. The van der Waals surface area contributed by atoms with Crippen molar-refractivity contribution in [1.29, 1.82) is 0 Å². The van der Waals surface area contributed by atoms with E-state index in [1.807, 2.05) is 11.9 Å². The Kier molecular flexibility index (Phi) is 6.23. The van der Waals surface area contributed by atoms with Gasteiger partial charge in [-0.15, -0.1) is 11.3 Å². The number of carbonyl (C=O) groups is 1. The number of amides is 1. The standard InChI is InChI=1S/C26H33N5OS/c1-18-19(2)33-25-23(18)24(27-17-28-25)31-14-10-20(11-15-31)26(32)29(3)16-21-8-4-5-9-22(21)30-12-6-7-13-30/h4-5,8-9,17,20H,6-7,10-16H2,1-3H3. The van der Waals surface area contributed by atoms with Gasteiger partial charge in [-0.3, -0.25) is 4.79 Å². The van der Waals surface area contributed by atoms with Gasteiger partial charge in [-0.1, -0.05) is 18.2 Å². The molecule has 2 aliphatic rings. The van der Waals surface area contributed by atoms with Gasteiger partial charge in [0.05, 0.1) is 5.39 Å². The fourth-order valence-electron chi connectivity index (χ4n) is 5.30. The summed E-state index contributed by atoms with van der Waals surface area (Å²) in [6.07, 6.45) is 5.92. The van der Waals surface area contributed by atoms with E-state index in [1.165, 1.54) is 39.9 Å². The molecule has 5 rings (SSSR count). The first kappa shape index (κ1) is 22.1. The van der Waals surface area contributed by atoms with E-state index in [4.69, 9.17) is 0 Å². The van der Waals surface area contributed by atoms with Crippen LogP contribution in [-0.2, 0) is 11.3 Å². The summed E-state index contributed by atoms with van der Waals surface area (Å²) in [5.74, 6) is 1.37. The Morgan fingerprint density at radius 2 is 1.79 bits per heavy atom. The van der Waals surface area contributed by atoms with E-state index in [-0.39, 0.29) is 11.8 Å². The van der Waals surface area contributed by atoms with Gasteiger partial charge in [0.2, 0.25) is 5.91 Å². The summed E-state index contributed by atoms with van der Waals surface area (Å²) >= 11 is 1.74. The third kappa shape index (κ3) is 4.31. The molecule has 0 aliphatic carbocycles. The first-order valence-electron chi connectivity index (χ1n) is 12.1. The van der Waals surface area contributed by atoms with Gasteiger partial charge in [0.15, 0.2) is 0 Å². The van der Waals surface area contributed by atoms with Crippen molar-refractivity contribution in [3.63, 3.8) is 0 Å². The molecule has 0 saturated carbocycles. The summed E-state index contributed by atoms with van der Waals surface area (Å²) in [6.45, 7) is 8.93. The zero-order valence-corrected chi connectivity index (χ0v) is 20.7. The number of nitrogens with zero attached hydrogens (tertiary/aromatic N) is 5. The molecule has 1 aromatic carbocycles. The van der Waals surface area contributed by atoms with Crippen LogP contribution in [0.5, 0.6) is 0 Å². The van der Waals surface area contributed by atoms with Crippen LogP contribution >= 0.6 is 11.3 Å². The minimum Gasteiger partial charge on any atom is -0.371 e. The van der Waals surface area contributed by atoms with Gasteiger partial charge in [-0.2, -0.15) is 0 Å². The highest BCUT2D eigenvalue weighted by Crippen LogP contribution is 2.36. The first-order valence-corrected chi connectivity index (χ1v) is 12.9. The Balaban J connectivity index is 1.24. The van der Waals surface area contributed by atoms with Crippen molar-refractivity contribution in [2.45, 2.75) is 46.1 Å². The second kappa shape index (κ2) is 9.29. The number of aromatic nitrogens is 2. The average molecular weight is 464 g/mol. The monoisotopic (exact) mass is 463 g/mol. The summed E-state index contributed by atoms with van der Waals surface area (Å²) in [7, 11) is 1.96. The number of piperidine rings is 1. The van der Waals surface area contributed by atoms with E-state index >= 15 is 0 Å². The van der Waals surface area contributed by atoms with E-state index in [2.05, 4.69) is 57.9 Å². The van der Waals surface area contributed by atoms with E-state index < -0.39 is 0 Å². The Labute approximate surface area is 200 Å². The molecule has 0 spiro atoms. The van der Waals surface area contributed by atoms with Crippen molar-refractivity contribution < 1.29 is 4.79 Å². The van der Waals surface area contributed by atoms with Gasteiger partial charge in [-0.25, -0.2) is 9.97 Å².